The fourth-order valence-corrected chi connectivity index (χ4v) is 7.31. The Hall–Kier alpha value is -0.330. The summed E-state index contributed by atoms with van der Waals surface area (Å²) in [5, 5.41) is 0. The highest BCUT2D eigenvalue weighted by molar-refractivity contribution is 5.79. The van der Waals surface area contributed by atoms with E-state index in [9.17, 15) is 4.79 Å². The van der Waals surface area contributed by atoms with Gasteiger partial charge in [-0.2, -0.15) is 0 Å². The topological polar surface area (TPSA) is 17.1 Å². The van der Waals surface area contributed by atoms with Crippen molar-refractivity contribution in [1.82, 2.24) is 0 Å². The Labute approximate surface area is 130 Å². The SMILES string of the molecule is CC1CC[C@H]2[C@@H]3CCC4CC(=O)CC[C@]4(C)[C@H]3CC[C@]12C. The number of carbonyl (C=O) groups is 1. The van der Waals surface area contributed by atoms with Crippen molar-refractivity contribution in [3.8, 4) is 0 Å². The third-order valence-corrected chi connectivity index (χ3v) is 8.96. The fraction of sp³-hybridized carbons (Fsp3) is 0.950. The molecule has 0 saturated heterocycles. The highest BCUT2D eigenvalue weighted by Gasteiger charge is 2.59. The van der Waals surface area contributed by atoms with Crippen LogP contribution < -0.4 is 0 Å². The maximum atomic E-state index is 11.9. The molecule has 0 bridgehead atoms. The lowest BCUT2D eigenvalue weighted by Crippen LogP contribution is -2.53. The molecule has 0 N–H and O–H groups in total. The summed E-state index contributed by atoms with van der Waals surface area (Å²) in [5.41, 5.74) is 1.12. The average molecular weight is 288 g/mol. The zero-order chi connectivity index (χ0) is 14.8. The molecular formula is C20H32O. The van der Waals surface area contributed by atoms with Crippen LogP contribution in [-0.4, -0.2) is 5.78 Å². The molecule has 0 spiro atoms. The Kier molecular flexibility index (Phi) is 3.12. The Morgan fingerprint density at radius 1 is 0.905 bits per heavy atom. The van der Waals surface area contributed by atoms with Crippen molar-refractivity contribution in [2.45, 2.75) is 78.6 Å². The zero-order valence-electron chi connectivity index (χ0n) is 14.2. The maximum Gasteiger partial charge on any atom is 0.133 e. The number of Topliss-reactive ketones (excluding diaryl/α,β-unsaturated/α-hetero) is 1. The van der Waals surface area contributed by atoms with Crippen LogP contribution in [0, 0.1) is 40.4 Å². The molecule has 4 fully saturated rings. The highest BCUT2D eigenvalue weighted by atomic mass is 16.1. The number of carbonyl (C=O) groups excluding carboxylic acids is 1. The van der Waals surface area contributed by atoms with Gasteiger partial charge in [0.05, 0.1) is 0 Å². The molecule has 7 atom stereocenters. The lowest BCUT2D eigenvalue weighted by molar-refractivity contribution is -0.139. The van der Waals surface area contributed by atoms with Gasteiger partial charge in [-0.05, 0) is 85.4 Å². The Morgan fingerprint density at radius 2 is 1.67 bits per heavy atom. The molecule has 1 heteroatoms. The van der Waals surface area contributed by atoms with E-state index in [0.717, 1.165) is 36.5 Å². The summed E-state index contributed by atoms with van der Waals surface area (Å²) in [7, 11) is 0. The molecule has 0 amide bonds. The third kappa shape index (κ3) is 1.85. The van der Waals surface area contributed by atoms with Crippen LogP contribution in [0.1, 0.15) is 78.6 Å². The summed E-state index contributed by atoms with van der Waals surface area (Å²) in [5.74, 6) is 5.08. The van der Waals surface area contributed by atoms with Crippen LogP contribution in [0.3, 0.4) is 0 Å². The summed E-state index contributed by atoms with van der Waals surface area (Å²) in [6.07, 6.45) is 11.6. The predicted octanol–water partition coefficient (Wildman–Crippen LogP) is 5.23. The lowest BCUT2D eigenvalue weighted by Gasteiger charge is -2.60. The van der Waals surface area contributed by atoms with Gasteiger partial charge >= 0.3 is 0 Å². The Bertz CT molecular complexity index is 455. The first kappa shape index (κ1) is 14.3. The number of hydrogen-bond donors (Lipinski definition) is 0. The molecule has 0 aliphatic heterocycles. The van der Waals surface area contributed by atoms with Gasteiger partial charge in [-0.3, -0.25) is 4.79 Å². The second kappa shape index (κ2) is 4.59. The molecule has 0 heterocycles. The van der Waals surface area contributed by atoms with Crippen molar-refractivity contribution in [2.24, 2.45) is 40.4 Å². The predicted molar refractivity (Wildman–Crippen MR) is 85.9 cm³/mol. The second-order valence-electron chi connectivity index (χ2n) is 9.42. The fourth-order valence-electron chi connectivity index (χ4n) is 7.31. The van der Waals surface area contributed by atoms with Gasteiger partial charge in [0.2, 0.25) is 0 Å². The lowest BCUT2D eigenvalue weighted by atomic mass is 9.45. The first-order valence-electron chi connectivity index (χ1n) is 9.47. The molecule has 4 aliphatic rings. The van der Waals surface area contributed by atoms with Gasteiger partial charge in [-0.1, -0.05) is 20.8 Å². The minimum absolute atomic E-state index is 0.490. The van der Waals surface area contributed by atoms with E-state index in [1.165, 1.54) is 44.9 Å². The van der Waals surface area contributed by atoms with Crippen molar-refractivity contribution in [1.29, 1.82) is 0 Å². The largest absolute Gasteiger partial charge is 0.300 e. The molecule has 4 rings (SSSR count). The van der Waals surface area contributed by atoms with Gasteiger partial charge in [-0.15, -0.1) is 0 Å². The van der Waals surface area contributed by atoms with E-state index in [-0.39, 0.29) is 0 Å². The first-order valence-corrected chi connectivity index (χ1v) is 9.47. The minimum Gasteiger partial charge on any atom is -0.300 e. The quantitative estimate of drug-likeness (QED) is 0.596. The standard InChI is InChI=1S/C20H32O/c1-13-4-7-17-16-6-5-14-12-15(21)8-10-20(14,3)18(16)9-11-19(13,17)2/h13-14,16-18H,4-12H2,1-3H3/t13?,14?,16-,17-,18-,19+,20-/m0/s1. The molecule has 0 aromatic carbocycles. The van der Waals surface area contributed by atoms with Crippen LogP contribution in [0.4, 0.5) is 0 Å². The number of rotatable bonds is 0. The second-order valence-corrected chi connectivity index (χ2v) is 9.42. The number of hydrogen-bond acceptors (Lipinski definition) is 1. The van der Waals surface area contributed by atoms with E-state index in [0.29, 0.717) is 22.5 Å². The normalized spacial score (nSPS) is 56.5. The molecule has 4 saturated carbocycles. The van der Waals surface area contributed by atoms with Crippen LogP contribution in [0.15, 0.2) is 0 Å². The van der Waals surface area contributed by atoms with Crippen molar-refractivity contribution in [3.05, 3.63) is 0 Å². The van der Waals surface area contributed by atoms with E-state index in [2.05, 4.69) is 20.8 Å². The molecule has 21 heavy (non-hydrogen) atoms. The van der Waals surface area contributed by atoms with E-state index < -0.39 is 0 Å². The van der Waals surface area contributed by atoms with Crippen LogP contribution in [0.25, 0.3) is 0 Å². The van der Waals surface area contributed by atoms with Gasteiger partial charge in [0.1, 0.15) is 5.78 Å². The third-order valence-electron chi connectivity index (χ3n) is 8.96. The van der Waals surface area contributed by atoms with E-state index in [4.69, 9.17) is 0 Å². The minimum atomic E-state index is 0.490. The highest BCUT2D eigenvalue weighted by Crippen LogP contribution is 2.67. The summed E-state index contributed by atoms with van der Waals surface area (Å²) >= 11 is 0. The van der Waals surface area contributed by atoms with Gasteiger partial charge in [-0.25, -0.2) is 0 Å². The Morgan fingerprint density at radius 3 is 2.48 bits per heavy atom. The molecule has 0 radical (unpaired) electrons. The summed E-state index contributed by atoms with van der Waals surface area (Å²) in [6, 6.07) is 0. The maximum absolute atomic E-state index is 11.9. The summed E-state index contributed by atoms with van der Waals surface area (Å²) in [6.45, 7) is 7.67. The molecule has 118 valence electrons. The smallest absolute Gasteiger partial charge is 0.133 e. The summed E-state index contributed by atoms with van der Waals surface area (Å²) < 4.78 is 0. The van der Waals surface area contributed by atoms with Crippen LogP contribution in [-0.2, 0) is 4.79 Å². The van der Waals surface area contributed by atoms with Crippen molar-refractivity contribution < 1.29 is 4.79 Å². The van der Waals surface area contributed by atoms with E-state index in [1.807, 2.05) is 0 Å². The van der Waals surface area contributed by atoms with Crippen LogP contribution in [0.5, 0.6) is 0 Å². The van der Waals surface area contributed by atoms with E-state index >= 15 is 0 Å². The van der Waals surface area contributed by atoms with E-state index in [1.54, 1.807) is 0 Å². The molecule has 0 aromatic heterocycles. The van der Waals surface area contributed by atoms with Gasteiger partial charge in [0, 0.05) is 12.8 Å². The zero-order valence-corrected chi connectivity index (χ0v) is 14.2. The monoisotopic (exact) mass is 288 g/mol. The van der Waals surface area contributed by atoms with Gasteiger partial charge in [0.25, 0.3) is 0 Å². The summed E-state index contributed by atoms with van der Waals surface area (Å²) in [4.78, 5) is 11.9. The average Bonchev–Trinajstić information content (AvgIpc) is 2.76. The van der Waals surface area contributed by atoms with Gasteiger partial charge < -0.3 is 0 Å². The molecule has 1 nitrogen and oxygen atoms in total. The van der Waals surface area contributed by atoms with Crippen molar-refractivity contribution >= 4 is 5.78 Å². The number of fused-ring (bicyclic) bond motifs is 5. The van der Waals surface area contributed by atoms with Crippen LogP contribution in [0.2, 0.25) is 0 Å². The number of ketones is 1. The van der Waals surface area contributed by atoms with Crippen molar-refractivity contribution in [3.63, 3.8) is 0 Å². The van der Waals surface area contributed by atoms with Crippen LogP contribution >= 0.6 is 0 Å². The Balaban J connectivity index is 1.64. The van der Waals surface area contributed by atoms with Gasteiger partial charge in [0.15, 0.2) is 0 Å². The molecule has 2 unspecified atom stereocenters. The molecule has 4 aliphatic carbocycles. The first-order chi connectivity index (χ1) is 9.95. The van der Waals surface area contributed by atoms with Crippen molar-refractivity contribution in [2.75, 3.05) is 0 Å². The molecule has 0 aromatic rings. The molecular weight excluding hydrogens is 256 g/mol.